The van der Waals surface area contributed by atoms with Crippen molar-refractivity contribution in [3.05, 3.63) is 77.6 Å². The summed E-state index contributed by atoms with van der Waals surface area (Å²) in [7, 11) is 0.342. The topological polar surface area (TPSA) is 140 Å². The average Bonchev–Trinajstić information content (AvgIpc) is 3.57. The van der Waals surface area contributed by atoms with Crippen molar-refractivity contribution in [1.82, 2.24) is 24.7 Å². The molecule has 4 aromatic rings. The number of hydrogen-bond acceptors (Lipinski definition) is 10. The highest BCUT2D eigenvalue weighted by Gasteiger charge is 2.37. The molecular formula is C27H30N6O6S. The molecule has 0 spiro atoms. The molecule has 0 saturated carbocycles. The van der Waals surface area contributed by atoms with Crippen LogP contribution < -0.4 is 18.9 Å². The first kappa shape index (κ1) is 27.3. The van der Waals surface area contributed by atoms with Gasteiger partial charge in [0, 0.05) is 25.1 Å². The van der Waals surface area contributed by atoms with Gasteiger partial charge in [-0.25, -0.2) is 18.4 Å². The summed E-state index contributed by atoms with van der Waals surface area (Å²) in [5, 5.41) is 7.63. The van der Waals surface area contributed by atoms with Gasteiger partial charge < -0.3 is 18.9 Å². The van der Waals surface area contributed by atoms with E-state index in [-0.39, 0.29) is 17.7 Å². The van der Waals surface area contributed by atoms with Crippen molar-refractivity contribution in [1.29, 1.82) is 0 Å². The molecule has 1 aliphatic rings. The van der Waals surface area contributed by atoms with E-state index in [4.69, 9.17) is 18.9 Å². The molecule has 210 valence electrons. The van der Waals surface area contributed by atoms with Gasteiger partial charge in [-0.1, -0.05) is 24.3 Å². The predicted octanol–water partition coefficient (Wildman–Crippen LogP) is 3.43. The smallest absolute Gasteiger partial charge is 0.243 e. The maximum atomic E-state index is 13.7. The number of nitrogens with zero attached hydrogens (tertiary/aromatic N) is 5. The third-order valence-corrected chi connectivity index (χ3v) is 8.48. The van der Waals surface area contributed by atoms with Gasteiger partial charge in [0.25, 0.3) is 0 Å². The van der Waals surface area contributed by atoms with Crippen LogP contribution in [0.1, 0.15) is 41.7 Å². The molecule has 40 heavy (non-hydrogen) atoms. The van der Waals surface area contributed by atoms with E-state index in [0.717, 1.165) is 16.9 Å². The summed E-state index contributed by atoms with van der Waals surface area (Å²) in [4.78, 5) is 8.54. The lowest BCUT2D eigenvalue weighted by Gasteiger charge is -2.23. The van der Waals surface area contributed by atoms with Gasteiger partial charge in [-0.05, 0) is 37.6 Å². The third kappa shape index (κ3) is 4.93. The highest BCUT2D eigenvalue weighted by Crippen LogP contribution is 2.42. The van der Waals surface area contributed by atoms with Gasteiger partial charge in [-0.15, -0.1) is 10.2 Å². The zero-order valence-electron chi connectivity index (χ0n) is 22.7. The van der Waals surface area contributed by atoms with E-state index in [1.165, 1.54) is 28.3 Å². The van der Waals surface area contributed by atoms with Gasteiger partial charge in [0.15, 0.2) is 11.6 Å². The van der Waals surface area contributed by atoms with Crippen molar-refractivity contribution in [2.24, 2.45) is 0 Å². The molecule has 2 aromatic heterocycles. The summed E-state index contributed by atoms with van der Waals surface area (Å²) in [6.07, 6.45) is 2.28. The minimum absolute atomic E-state index is 0.0475. The molecule has 0 saturated heterocycles. The lowest BCUT2D eigenvalue weighted by Crippen LogP contribution is -2.33. The van der Waals surface area contributed by atoms with E-state index >= 15 is 0 Å². The lowest BCUT2D eigenvalue weighted by molar-refractivity contribution is 0.0949. The summed E-state index contributed by atoms with van der Waals surface area (Å²) in [6, 6.07) is 12.9. The van der Waals surface area contributed by atoms with Crippen molar-refractivity contribution in [2.45, 2.75) is 31.1 Å². The van der Waals surface area contributed by atoms with E-state index in [1.807, 2.05) is 31.2 Å². The molecule has 0 bridgehead atoms. The van der Waals surface area contributed by atoms with Gasteiger partial charge in [0.1, 0.15) is 40.9 Å². The predicted molar refractivity (Wildman–Crippen MR) is 147 cm³/mol. The van der Waals surface area contributed by atoms with Crippen molar-refractivity contribution >= 4 is 16.0 Å². The Morgan fingerprint density at radius 1 is 1.00 bits per heavy atom. The van der Waals surface area contributed by atoms with Crippen LogP contribution in [0, 0.1) is 6.92 Å². The molecule has 0 amide bonds. The number of para-hydroxylation sites is 2. The summed E-state index contributed by atoms with van der Waals surface area (Å²) in [6.45, 7) is 3.67. The number of aromatic nitrogens is 5. The largest absolute Gasteiger partial charge is 0.494 e. The number of ether oxygens (including phenoxy) is 4. The molecule has 3 atom stereocenters. The number of benzene rings is 2. The highest BCUT2D eigenvalue weighted by atomic mass is 32.2. The molecule has 0 aliphatic carbocycles. The number of aryl methyl sites for hydroxylation is 1. The van der Waals surface area contributed by atoms with Crippen LogP contribution in [0.2, 0.25) is 0 Å². The summed E-state index contributed by atoms with van der Waals surface area (Å²) < 4.78 is 54.5. The zero-order chi connectivity index (χ0) is 28.4. The molecule has 1 aliphatic heterocycles. The normalized spacial score (nSPS) is 16.1. The molecule has 0 radical (unpaired) electrons. The molecule has 13 heteroatoms. The summed E-state index contributed by atoms with van der Waals surface area (Å²) >= 11 is 0. The first-order valence-electron chi connectivity index (χ1n) is 12.5. The SMILES string of the molecule is COc1cccc(OC)c1-n1c(NS(=O)(=O)C(C)C(OC)c2ncc(C)cn2)nnc1[C@H]1COc2ccccc21. The Bertz CT molecular complexity index is 1590. The molecule has 1 N–H and O–H groups in total. The van der Waals surface area contributed by atoms with Gasteiger partial charge in [-0.3, -0.25) is 9.29 Å². The molecular weight excluding hydrogens is 536 g/mol. The van der Waals surface area contributed by atoms with Crippen molar-refractivity contribution in [2.75, 3.05) is 32.7 Å². The molecule has 0 fully saturated rings. The fourth-order valence-electron chi connectivity index (χ4n) is 4.68. The minimum atomic E-state index is -4.11. The standard InChI is InChI=1S/C27H30N6O6S/c1-16-13-28-25(29-14-16)24(38-5)17(2)40(34,35)32-27-31-30-26(19-15-39-20-10-7-6-9-18(19)20)33(27)23-21(36-3)11-8-12-22(23)37-4/h6-14,17,19,24H,15H2,1-5H3,(H,31,32)/t17?,19-,24?/m0/s1. The maximum absolute atomic E-state index is 13.7. The zero-order valence-corrected chi connectivity index (χ0v) is 23.5. The third-order valence-electron chi connectivity index (χ3n) is 6.78. The summed E-state index contributed by atoms with van der Waals surface area (Å²) in [5.74, 6) is 1.91. The molecule has 3 heterocycles. The first-order valence-corrected chi connectivity index (χ1v) is 14.0. The van der Waals surface area contributed by atoms with E-state index < -0.39 is 21.4 Å². The number of hydrogen-bond donors (Lipinski definition) is 1. The van der Waals surface area contributed by atoms with Crippen LogP contribution in [0.4, 0.5) is 5.95 Å². The average molecular weight is 567 g/mol. The van der Waals surface area contributed by atoms with E-state index in [0.29, 0.717) is 29.6 Å². The number of rotatable bonds is 10. The van der Waals surface area contributed by atoms with Gasteiger partial charge in [0.2, 0.25) is 16.0 Å². The number of methoxy groups -OCH3 is 3. The van der Waals surface area contributed by atoms with Crippen LogP contribution in [0.25, 0.3) is 5.69 Å². The Hall–Kier alpha value is -4.23. The lowest BCUT2D eigenvalue weighted by atomic mass is 10.0. The van der Waals surface area contributed by atoms with Crippen molar-refractivity contribution < 1.29 is 27.4 Å². The summed E-state index contributed by atoms with van der Waals surface area (Å²) in [5.41, 5.74) is 2.19. The van der Waals surface area contributed by atoms with Crippen LogP contribution in [0.5, 0.6) is 17.2 Å². The molecule has 2 aromatic carbocycles. The number of anilines is 1. The number of fused-ring (bicyclic) bond motifs is 1. The Labute approximate surface area is 232 Å². The van der Waals surface area contributed by atoms with E-state index in [2.05, 4.69) is 24.9 Å². The van der Waals surface area contributed by atoms with Gasteiger partial charge in [-0.2, -0.15) is 0 Å². The van der Waals surface area contributed by atoms with Gasteiger partial charge in [0.05, 0.1) is 20.1 Å². The van der Waals surface area contributed by atoms with Crippen molar-refractivity contribution in [3.63, 3.8) is 0 Å². The Kier molecular flexibility index (Phi) is 7.59. The van der Waals surface area contributed by atoms with E-state index in [1.54, 1.807) is 35.2 Å². The second-order valence-electron chi connectivity index (χ2n) is 9.26. The van der Waals surface area contributed by atoms with Crippen molar-refractivity contribution in [3.8, 4) is 22.9 Å². The molecule has 2 unspecified atom stereocenters. The van der Waals surface area contributed by atoms with Gasteiger partial charge >= 0.3 is 0 Å². The molecule has 5 rings (SSSR count). The minimum Gasteiger partial charge on any atom is -0.494 e. The second kappa shape index (κ2) is 11.1. The van der Waals surface area contributed by atoms with Crippen LogP contribution in [-0.2, 0) is 14.8 Å². The first-order chi connectivity index (χ1) is 19.3. The monoisotopic (exact) mass is 566 g/mol. The number of nitrogens with one attached hydrogen (secondary N) is 1. The van der Waals surface area contributed by atoms with Crippen LogP contribution in [0.3, 0.4) is 0 Å². The van der Waals surface area contributed by atoms with Crippen LogP contribution in [0.15, 0.2) is 54.9 Å². The quantitative estimate of drug-likeness (QED) is 0.304. The van der Waals surface area contributed by atoms with Crippen LogP contribution >= 0.6 is 0 Å². The number of sulfonamides is 1. The highest BCUT2D eigenvalue weighted by molar-refractivity contribution is 7.93. The fraction of sp³-hybridized carbons (Fsp3) is 0.333. The van der Waals surface area contributed by atoms with E-state index in [9.17, 15) is 8.42 Å². The molecule has 12 nitrogen and oxygen atoms in total. The Morgan fingerprint density at radius 2 is 1.68 bits per heavy atom. The Morgan fingerprint density at radius 3 is 2.33 bits per heavy atom. The Balaban J connectivity index is 1.61. The fourth-order valence-corrected chi connectivity index (χ4v) is 5.81. The second-order valence-corrected chi connectivity index (χ2v) is 11.3. The van der Waals surface area contributed by atoms with Crippen LogP contribution in [-0.4, -0.2) is 66.3 Å². The maximum Gasteiger partial charge on any atom is 0.243 e.